The molecule has 3 aromatic rings. The molecule has 2 atom stereocenters. The van der Waals surface area contributed by atoms with E-state index in [9.17, 15) is 22.8 Å². The molecule has 2 unspecified atom stereocenters. The van der Waals surface area contributed by atoms with E-state index in [1.807, 2.05) is 48.5 Å². The van der Waals surface area contributed by atoms with Gasteiger partial charge in [0.1, 0.15) is 0 Å². The molecular formula is C33H34F3N3O6. The van der Waals surface area contributed by atoms with Crippen LogP contribution < -0.4 is 5.32 Å². The predicted molar refractivity (Wildman–Crippen MR) is 161 cm³/mol. The fraction of sp³-hybridized carbons (Fsp3) is 0.333. The summed E-state index contributed by atoms with van der Waals surface area (Å²) in [5, 5.41) is 22.5. The molecule has 1 heterocycles. The van der Waals surface area contributed by atoms with Gasteiger partial charge in [0.2, 0.25) is 11.8 Å². The van der Waals surface area contributed by atoms with Crippen molar-refractivity contribution in [3.05, 3.63) is 101 Å². The highest BCUT2D eigenvalue weighted by Gasteiger charge is 2.37. The van der Waals surface area contributed by atoms with E-state index < -0.39 is 36.5 Å². The number of carbonyl (C=O) groups is 3. The largest absolute Gasteiger partial charge is 0.503 e. The first-order chi connectivity index (χ1) is 21.4. The van der Waals surface area contributed by atoms with Gasteiger partial charge in [0.05, 0.1) is 12.5 Å². The Labute approximate surface area is 258 Å². The van der Waals surface area contributed by atoms with Gasteiger partial charge in [-0.05, 0) is 72.1 Å². The number of nitrogens with zero attached hydrogens (tertiary/aromatic N) is 2. The van der Waals surface area contributed by atoms with Crippen molar-refractivity contribution >= 4 is 29.6 Å². The molecule has 2 aliphatic rings. The number of carboxylic acid groups (broad SMARTS) is 2. The molecule has 0 spiro atoms. The molecule has 0 aromatic heterocycles. The molecule has 0 saturated heterocycles. The minimum absolute atomic E-state index is 0.148. The Morgan fingerprint density at radius 2 is 1.67 bits per heavy atom. The van der Waals surface area contributed by atoms with Crippen molar-refractivity contribution in [2.45, 2.75) is 51.2 Å². The highest BCUT2D eigenvalue weighted by molar-refractivity contribution is 5.98. The zero-order chi connectivity index (χ0) is 32.6. The Morgan fingerprint density at radius 3 is 2.29 bits per heavy atom. The number of hydrazone groups is 1. The first kappa shape index (κ1) is 33.0. The van der Waals surface area contributed by atoms with Crippen molar-refractivity contribution in [1.82, 2.24) is 5.01 Å². The smallest absolute Gasteiger partial charge is 0.466 e. The van der Waals surface area contributed by atoms with E-state index >= 15 is 0 Å². The van der Waals surface area contributed by atoms with Crippen molar-refractivity contribution in [2.24, 2.45) is 16.9 Å². The van der Waals surface area contributed by atoms with Gasteiger partial charge >= 0.3 is 12.3 Å². The summed E-state index contributed by atoms with van der Waals surface area (Å²) in [7, 11) is 0. The van der Waals surface area contributed by atoms with Gasteiger partial charge in [-0.25, -0.2) is 9.80 Å². The van der Waals surface area contributed by atoms with Crippen LogP contribution in [0.15, 0.2) is 84.0 Å². The third kappa shape index (κ3) is 10.4. The van der Waals surface area contributed by atoms with E-state index in [1.165, 1.54) is 24.8 Å². The van der Waals surface area contributed by atoms with Crippen molar-refractivity contribution < 1.29 is 42.5 Å². The lowest BCUT2D eigenvalue weighted by molar-refractivity contribution is -0.146. The van der Waals surface area contributed by atoms with Crippen molar-refractivity contribution in [1.29, 1.82) is 0 Å². The Kier molecular flexibility index (Phi) is 10.8. The van der Waals surface area contributed by atoms with E-state index in [0.717, 1.165) is 23.1 Å². The van der Waals surface area contributed by atoms with Crippen LogP contribution in [0.2, 0.25) is 0 Å². The first-order valence-electron chi connectivity index (χ1n) is 14.4. The topological polar surface area (TPSA) is 129 Å². The Morgan fingerprint density at radius 1 is 1.00 bits per heavy atom. The van der Waals surface area contributed by atoms with Gasteiger partial charge in [-0.2, -0.15) is 13.2 Å². The fourth-order valence-corrected chi connectivity index (χ4v) is 5.12. The van der Waals surface area contributed by atoms with Gasteiger partial charge in [-0.1, -0.05) is 61.5 Å². The van der Waals surface area contributed by atoms with Gasteiger partial charge in [-0.3, -0.25) is 9.59 Å². The Bertz CT molecular complexity index is 1500. The molecule has 2 amide bonds. The maximum atomic E-state index is 13.4. The van der Waals surface area contributed by atoms with Gasteiger partial charge in [0.25, 0.3) is 5.91 Å². The summed E-state index contributed by atoms with van der Waals surface area (Å²) < 4.78 is 45.6. The quantitative estimate of drug-likeness (QED) is 0.225. The molecule has 0 radical (unpaired) electrons. The molecule has 1 aliphatic carbocycles. The number of alkyl halides is 3. The number of amides is 2. The van der Waals surface area contributed by atoms with Crippen LogP contribution in [0, 0.1) is 11.8 Å². The monoisotopic (exact) mass is 625 g/mol. The number of carbonyl (C=O) groups excluding carboxylic acids is 2. The van der Waals surface area contributed by atoms with Crippen LogP contribution in [0.4, 0.5) is 23.7 Å². The number of ether oxygens (including phenoxy) is 1. The van der Waals surface area contributed by atoms with E-state index in [2.05, 4.69) is 10.4 Å². The minimum atomic E-state index is -4.41. The molecule has 12 heteroatoms. The molecule has 3 N–H and O–H groups in total. The van der Waals surface area contributed by atoms with Crippen molar-refractivity contribution in [3.63, 3.8) is 0 Å². The second-order valence-electron chi connectivity index (χ2n) is 11.1. The van der Waals surface area contributed by atoms with Gasteiger partial charge in [0.15, 0.2) is 6.61 Å². The van der Waals surface area contributed by atoms with Gasteiger partial charge in [-0.15, -0.1) is 5.10 Å². The average molecular weight is 626 g/mol. The van der Waals surface area contributed by atoms with E-state index in [-0.39, 0.29) is 19.1 Å². The second kappa shape index (κ2) is 14.7. The third-order valence-electron chi connectivity index (χ3n) is 7.34. The minimum Gasteiger partial charge on any atom is -0.466 e. The number of halogens is 3. The fourth-order valence-electron chi connectivity index (χ4n) is 5.12. The second-order valence-corrected chi connectivity index (χ2v) is 11.1. The molecule has 1 saturated carbocycles. The summed E-state index contributed by atoms with van der Waals surface area (Å²) in [5.74, 6) is -1.81. The average Bonchev–Trinajstić information content (AvgIpc) is 3.79. The lowest BCUT2D eigenvalue weighted by Crippen LogP contribution is -2.36. The van der Waals surface area contributed by atoms with Crippen LogP contribution in [0.3, 0.4) is 0 Å². The van der Waals surface area contributed by atoms with Crippen molar-refractivity contribution in [3.8, 4) is 0 Å². The summed E-state index contributed by atoms with van der Waals surface area (Å²) in [4.78, 5) is 34.5. The lowest BCUT2D eigenvalue weighted by atomic mass is 9.83. The normalized spacial score (nSPS) is 16.0. The zero-order valence-corrected chi connectivity index (χ0v) is 24.5. The van der Waals surface area contributed by atoms with Crippen LogP contribution in [-0.4, -0.2) is 51.9 Å². The van der Waals surface area contributed by atoms with Crippen LogP contribution in [0.1, 0.15) is 54.4 Å². The molecule has 3 aromatic carbocycles. The summed E-state index contributed by atoms with van der Waals surface area (Å²) in [6.07, 6.45) is -4.00. The number of anilines is 1. The van der Waals surface area contributed by atoms with Crippen LogP contribution in [0.5, 0.6) is 0 Å². The Hall–Kier alpha value is -4.87. The third-order valence-corrected chi connectivity index (χ3v) is 7.34. The Balaban J connectivity index is 0.00000109. The number of benzene rings is 3. The van der Waals surface area contributed by atoms with Gasteiger partial charge < -0.3 is 20.3 Å². The summed E-state index contributed by atoms with van der Waals surface area (Å²) in [5.41, 5.74) is 3.61. The van der Waals surface area contributed by atoms with E-state index in [4.69, 9.17) is 19.7 Å². The van der Waals surface area contributed by atoms with E-state index in [1.54, 1.807) is 30.3 Å². The highest BCUT2D eigenvalue weighted by atomic mass is 19.4. The number of rotatable bonds is 10. The summed E-state index contributed by atoms with van der Waals surface area (Å²) in [6.45, 7) is 1.45. The molecule has 1 aliphatic heterocycles. The predicted octanol–water partition coefficient (Wildman–Crippen LogP) is 6.89. The highest BCUT2D eigenvalue weighted by Crippen LogP contribution is 2.36. The molecule has 45 heavy (non-hydrogen) atoms. The molecule has 0 bridgehead atoms. The molecule has 5 rings (SSSR count). The molecule has 9 nitrogen and oxygen atoms in total. The SMILES string of the molecule is CC(CC(F)(F)F)C(C(=O)Nc1cccc(CC2CC2)c1)c1ccc(CN2N=C(c3ccccc3)OCC2=O)cc1.O=C(O)O. The van der Waals surface area contributed by atoms with Gasteiger partial charge in [0, 0.05) is 17.7 Å². The molecule has 1 fully saturated rings. The van der Waals surface area contributed by atoms with Crippen LogP contribution in [0.25, 0.3) is 0 Å². The zero-order valence-electron chi connectivity index (χ0n) is 24.5. The molecule has 238 valence electrons. The summed E-state index contributed by atoms with van der Waals surface area (Å²) >= 11 is 0. The first-order valence-corrected chi connectivity index (χ1v) is 14.4. The number of hydrogen-bond donors (Lipinski definition) is 3. The number of hydrogen-bond acceptors (Lipinski definition) is 5. The maximum Gasteiger partial charge on any atom is 0.503 e. The summed E-state index contributed by atoms with van der Waals surface area (Å²) in [6, 6.07) is 23.5. The number of nitrogens with one attached hydrogen (secondary N) is 1. The standard InChI is InChI=1S/C32H32F3N3O3.CH2O3/c1-21(18-32(33,34)35)29(30(40)36-27-9-5-6-24(17-27)16-22-10-11-22)25-14-12-23(13-15-25)19-38-28(39)20-41-31(37-38)26-7-3-2-4-8-26;2-1(3)4/h2-9,12-15,17,21-22,29H,10-11,16,18-20H2,1H3,(H,36,40);(H2,2,3,4). The van der Waals surface area contributed by atoms with E-state index in [0.29, 0.717) is 23.1 Å². The lowest BCUT2D eigenvalue weighted by Gasteiger charge is -2.26. The van der Waals surface area contributed by atoms with Crippen LogP contribution in [-0.2, 0) is 27.3 Å². The maximum absolute atomic E-state index is 13.4. The van der Waals surface area contributed by atoms with Crippen molar-refractivity contribution in [2.75, 3.05) is 11.9 Å². The molecular weight excluding hydrogens is 591 g/mol. The van der Waals surface area contributed by atoms with Crippen LogP contribution >= 0.6 is 0 Å².